The Morgan fingerprint density at radius 1 is 1.32 bits per heavy atom. The van der Waals surface area contributed by atoms with E-state index in [0.29, 0.717) is 5.82 Å². The Morgan fingerprint density at radius 2 is 2.09 bits per heavy atom. The summed E-state index contributed by atoms with van der Waals surface area (Å²) >= 11 is 1.58. The number of nitrogens with one attached hydrogen (secondary N) is 2. The zero-order valence-corrected chi connectivity index (χ0v) is 13.8. The van der Waals surface area contributed by atoms with Crippen LogP contribution < -0.4 is 5.32 Å². The van der Waals surface area contributed by atoms with Gasteiger partial charge in [0.1, 0.15) is 17.8 Å². The fraction of sp³-hybridized carbons (Fsp3) is 0.312. The summed E-state index contributed by atoms with van der Waals surface area (Å²) in [4.78, 5) is 25.4. The monoisotopic (exact) mass is 314 g/mol. The van der Waals surface area contributed by atoms with Gasteiger partial charge in [0, 0.05) is 10.6 Å². The maximum atomic E-state index is 12.7. The van der Waals surface area contributed by atoms with Gasteiger partial charge in [-0.15, -0.1) is 11.3 Å². The molecule has 0 saturated carbocycles. The van der Waals surface area contributed by atoms with Crippen molar-refractivity contribution in [2.45, 2.75) is 33.1 Å². The summed E-state index contributed by atoms with van der Waals surface area (Å²) in [5.41, 5.74) is 2.22. The molecular weight excluding hydrogens is 296 g/mol. The Balaban J connectivity index is 1.98. The fourth-order valence-corrected chi connectivity index (χ4v) is 3.25. The molecule has 6 heteroatoms. The van der Waals surface area contributed by atoms with Gasteiger partial charge in [0.2, 0.25) is 5.91 Å². The summed E-state index contributed by atoms with van der Waals surface area (Å²) in [5, 5.41) is 5.81. The van der Waals surface area contributed by atoms with E-state index in [1.165, 1.54) is 6.33 Å². The van der Waals surface area contributed by atoms with Crippen LogP contribution in [0.5, 0.6) is 0 Å². The van der Waals surface area contributed by atoms with E-state index < -0.39 is 5.41 Å². The predicted octanol–water partition coefficient (Wildman–Crippen LogP) is 3.55. The molecule has 3 heterocycles. The predicted molar refractivity (Wildman–Crippen MR) is 89.3 cm³/mol. The number of H-pyrrole nitrogens is 1. The normalized spacial score (nSPS) is 11.8. The average Bonchev–Trinajstić information content (AvgIpc) is 3.09. The first-order valence-corrected chi connectivity index (χ1v) is 7.94. The van der Waals surface area contributed by atoms with Crippen molar-refractivity contribution in [3.05, 3.63) is 40.0 Å². The summed E-state index contributed by atoms with van der Waals surface area (Å²) < 4.78 is 0. The maximum absolute atomic E-state index is 12.7. The van der Waals surface area contributed by atoms with E-state index in [2.05, 4.69) is 20.3 Å². The average molecular weight is 314 g/mol. The molecule has 0 aliphatic carbocycles. The molecular formula is C16H18N4OS. The van der Waals surface area contributed by atoms with Crippen LogP contribution in [0.15, 0.2) is 23.8 Å². The molecule has 1 amide bonds. The van der Waals surface area contributed by atoms with Crippen molar-refractivity contribution in [1.29, 1.82) is 0 Å². The molecule has 0 aliphatic rings. The van der Waals surface area contributed by atoms with E-state index >= 15 is 0 Å². The highest BCUT2D eigenvalue weighted by molar-refractivity contribution is 7.10. The van der Waals surface area contributed by atoms with Crippen LogP contribution in [0.3, 0.4) is 0 Å². The first-order chi connectivity index (χ1) is 10.4. The van der Waals surface area contributed by atoms with Crippen molar-refractivity contribution in [2.75, 3.05) is 5.32 Å². The first kappa shape index (κ1) is 14.7. The molecule has 3 aromatic heterocycles. The Kier molecular flexibility index (Phi) is 3.48. The number of rotatable bonds is 3. The number of anilines is 1. The van der Waals surface area contributed by atoms with Gasteiger partial charge in [-0.1, -0.05) is 6.07 Å². The number of hydrogen-bond donors (Lipinski definition) is 2. The third kappa shape index (κ3) is 2.29. The van der Waals surface area contributed by atoms with Crippen molar-refractivity contribution in [1.82, 2.24) is 15.0 Å². The second-order valence-corrected chi connectivity index (χ2v) is 6.83. The van der Waals surface area contributed by atoms with Gasteiger partial charge in [-0.2, -0.15) is 0 Å². The minimum absolute atomic E-state index is 0.0757. The van der Waals surface area contributed by atoms with Crippen LogP contribution >= 0.6 is 11.3 Å². The van der Waals surface area contributed by atoms with E-state index in [-0.39, 0.29) is 5.91 Å². The molecule has 0 atom stereocenters. The van der Waals surface area contributed by atoms with Crippen LogP contribution in [0.1, 0.15) is 30.0 Å². The number of carbonyl (C=O) groups excluding carboxylic acids is 1. The molecule has 3 aromatic rings. The van der Waals surface area contributed by atoms with Gasteiger partial charge >= 0.3 is 0 Å². The molecule has 0 radical (unpaired) electrons. The molecule has 2 N–H and O–H groups in total. The van der Waals surface area contributed by atoms with Crippen molar-refractivity contribution < 1.29 is 4.79 Å². The highest BCUT2D eigenvalue weighted by Crippen LogP contribution is 2.31. The molecule has 0 fully saturated rings. The zero-order valence-electron chi connectivity index (χ0n) is 13.0. The molecule has 5 nitrogen and oxygen atoms in total. The lowest BCUT2D eigenvalue weighted by atomic mass is 9.90. The SMILES string of the molecule is Cc1[nH]c2ncnc(NC(=O)C(C)(C)c3cccs3)c2c1C. The van der Waals surface area contributed by atoms with Crippen LogP contribution in [-0.2, 0) is 10.2 Å². The van der Waals surface area contributed by atoms with Gasteiger partial charge in [0.25, 0.3) is 0 Å². The lowest BCUT2D eigenvalue weighted by Gasteiger charge is -2.22. The Morgan fingerprint density at radius 3 is 2.77 bits per heavy atom. The number of amides is 1. The van der Waals surface area contributed by atoms with Crippen molar-refractivity contribution >= 4 is 34.1 Å². The first-order valence-electron chi connectivity index (χ1n) is 7.06. The number of carbonyl (C=O) groups is 1. The minimum Gasteiger partial charge on any atom is -0.343 e. The van der Waals surface area contributed by atoms with Gasteiger partial charge in [0.15, 0.2) is 0 Å². The van der Waals surface area contributed by atoms with Crippen molar-refractivity contribution in [3.63, 3.8) is 0 Å². The highest BCUT2D eigenvalue weighted by atomic mass is 32.1. The molecule has 0 saturated heterocycles. The number of fused-ring (bicyclic) bond motifs is 1. The third-order valence-electron chi connectivity index (χ3n) is 4.03. The van der Waals surface area contributed by atoms with Crippen LogP contribution in [0.4, 0.5) is 5.82 Å². The maximum Gasteiger partial charge on any atom is 0.236 e. The van der Waals surface area contributed by atoms with Crippen LogP contribution in [0.25, 0.3) is 11.0 Å². The zero-order chi connectivity index (χ0) is 15.9. The topological polar surface area (TPSA) is 70.7 Å². The molecule has 0 unspecified atom stereocenters. The Labute approximate surface area is 132 Å². The van der Waals surface area contributed by atoms with Crippen LogP contribution in [0.2, 0.25) is 0 Å². The van der Waals surface area contributed by atoms with E-state index in [0.717, 1.165) is 27.2 Å². The van der Waals surface area contributed by atoms with Crippen LogP contribution in [0, 0.1) is 13.8 Å². The number of nitrogens with zero attached hydrogens (tertiary/aromatic N) is 2. The minimum atomic E-state index is -0.606. The van der Waals surface area contributed by atoms with Gasteiger partial charge in [-0.25, -0.2) is 9.97 Å². The second kappa shape index (κ2) is 5.21. The van der Waals surface area contributed by atoms with E-state index in [1.54, 1.807) is 11.3 Å². The molecule has 114 valence electrons. The van der Waals surface area contributed by atoms with Gasteiger partial charge < -0.3 is 10.3 Å². The molecule has 0 bridgehead atoms. The van der Waals surface area contributed by atoms with Gasteiger partial charge in [-0.3, -0.25) is 4.79 Å². The summed E-state index contributed by atoms with van der Waals surface area (Å²) in [5.74, 6) is 0.481. The lowest BCUT2D eigenvalue weighted by molar-refractivity contribution is -0.120. The standard InChI is InChI=1S/C16H18N4OS/c1-9-10(2)19-13-12(9)14(18-8-17-13)20-15(21)16(3,4)11-6-5-7-22-11/h5-8H,1-4H3,(H2,17,18,19,20,21). The molecule has 22 heavy (non-hydrogen) atoms. The largest absolute Gasteiger partial charge is 0.343 e. The summed E-state index contributed by atoms with van der Waals surface area (Å²) in [7, 11) is 0. The van der Waals surface area contributed by atoms with E-state index in [1.807, 2.05) is 45.2 Å². The summed E-state index contributed by atoms with van der Waals surface area (Å²) in [6, 6.07) is 3.93. The lowest BCUT2D eigenvalue weighted by Crippen LogP contribution is -2.34. The Bertz CT molecular complexity index is 833. The number of thiophene rings is 1. The third-order valence-corrected chi connectivity index (χ3v) is 5.22. The summed E-state index contributed by atoms with van der Waals surface area (Å²) in [6.45, 7) is 7.82. The van der Waals surface area contributed by atoms with Crippen LogP contribution in [-0.4, -0.2) is 20.9 Å². The number of aryl methyl sites for hydroxylation is 2. The van der Waals surface area contributed by atoms with Crippen molar-refractivity contribution in [2.24, 2.45) is 0 Å². The summed E-state index contributed by atoms with van der Waals surface area (Å²) in [6.07, 6.45) is 1.46. The quantitative estimate of drug-likeness (QED) is 0.776. The highest BCUT2D eigenvalue weighted by Gasteiger charge is 2.31. The number of aromatic nitrogens is 3. The molecule has 3 rings (SSSR count). The number of aromatic amines is 1. The molecule has 0 aliphatic heterocycles. The van der Waals surface area contributed by atoms with Gasteiger partial charge in [0.05, 0.1) is 10.8 Å². The fourth-order valence-electron chi connectivity index (χ4n) is 2.40. The second-order valence-electron chi connectivity index (χ2n) is 5.88. The molecule has 0 spiro atoms. The van der Waals surface area contributed by atoms with Crippen molar-refractivity contribution in [3.8, 4) is 0 Å². The molecule has 0 aromatic carbocycles. The van der Waals surface area contributed by atoms with E-state index in [4.69, 9.17) is 0 Å². The van der Waals surface area contributed by atoms with E-state index in [9.17, 15) is 4.79 Å². The Hall–Kier alpha value is -2.21. The number of hydrogen-bond acceptors (Lipinski definition) is 4. The van der Waals surface area contributed by atoms with Gasteiger partial charge in [-0.05, 0) is 44.7 Å². The smallest absolute Gasteiger partial charge is 0.236 e.